The molecule has 1 aliphatic heterocycles. The number of benzene rings is 3. The van der Waals surface area contributed by atoms with Gasteiger partial charge in [0.1, 0.15) is 0 Å². The van der Waals surface area contributed by atoms with E-state index in [0.717, 1.165) is 5.56 Å². The number of aromatic amines is 1. The average Bonchev–Trinajstić information content (AvgIpc) is 3.33. The van der Waals surface area contributed by atoms with Gasteiger partial charge in [-0.3, -0.25) is 14.4 Å². The molecule has 1 aromatic heterocycles. The number of hydrogen-bond acceptors (Lipinski definition) is 10. The number of para-hydroxylation sites is 1. The maximum absolute atomic E-state index is 14.7. The second kappa shape index (κ2) is 13.6. The van der Waals surface area contributed by atoms with Gasteiger partial charge in [0.25, 0.3) is 27.7 Å². The number of carbonyl (C=O) groups is 4. The highest BCUT2D eigenvalue weighted by Crippen LogP contribution is 2.31. The molecule has 2 heterocycles. The summed E-state index contributed by atoms with van der Waals surface area (Å²) in [6.45, 7) is 1.32. The summed E-state index contributed by atoms with van der Waals surface area (Å²) in [5.41, 5.74) is 2.34. The van der Waals surface area contributed by atoms with Crippen molar-refractivity contribution >= 4 is 65.6 Å². The highest BCUT2D eigenvalue weighted by molar-refractivity contribution is 7.89. The lowest BCUT2D eigenvalue weighted by Gasteiger charge is -2.24. The molecule has 0 spiro atoms. The van der Waals surface area contributed by atoms with Gasteiger partial charge >= 0.3 is 5.97 Å². The number of rotatable bonds is 12. The first-order chi connectivity index (χ1) is 22.3. The zero-order chi connectivity index (χ0) is 33.9. The first kappa shape index (κ1) is 33.6. The minimum atomic E-state index is -4.51. The first-order valence-electron chi connectivity index (χ1n) is 14.8. The molecule has 13 nitrogen and oxygen atoms in total. The Kier molecular flexibility index (Phi) is 9.70. The summed E-state index contributed by atoms with van der Waals surface area (Å²) >= 11 is 0. The summed E-state index contributed by atoms with van der Waals surface area (Å²) in [6, 6.07) is 17.8. The number of aryl methyl sites for hydroxylation is 2. The largest absolute Gasteiger partial charge is 0.748 e. The van der Waals surface area contributed by atoms with Crippen molar-refractivity contribution in [2.75, 3.05) is 12.3 Å². The average molecular weight is 682 g/mol. The smallest absolute Gasteiger partial charge is 0.333 e. The number of pyridine rings is 1. The van der Waals surface area contributed by atoms with E-state index in [0.29, 0.717) is 36.7 Å². The summed E-state index contributed by atoms with van der Waals surface area (Å²) in [5, 5.41) is 1.14. The van der Waals surface area contributed by atoms with E-state index in [1.807, 2.05) is 0 Å². The van der Waals surface area contributed by atoms with Gasteiger partial charge in [-0.15, -0.1) is 5.06 Å². The minimum absolute atomic E-state index is 0.0269. The van der Waals surface area contributed by atoms with Gasteiger partial charge in [0.15, 0.2) is 0 Å². The molecule has 246 valence electrons. The molecule has 3 amide bonds. The van der Waals surface area contributed by atoms with Gasteiger partial charge in [0, 0.05) is 43.7 Å². The van der Waals surface area contributed by atoms with Crippen molar-refractivity contribution in [1.29, 1.82) is 0 Å². The highest BCUT2D eigenvalue weighted by atomic mass is 32.2. The number of hydrogen-bond donors (Lipinski definition) is 0. The Morgan fingerprint density at radius 1 is 0.894 bits per heavy atom. The summed E-state index contributed by atoms with van der Waals surface area (Å²) in [6.07, 6.45) is -0.711. The lowest BCUT2D eigenvalue weighted by Crippen LogP contribution is -2.39. The molecular weight excluding hydrogens is 650 g/mol. The normalized spacial score (nSPS) is 13.8. The fourth-order valence-electron chi connectivity index (χ4n) is 5.42. The summed E-state index contributed by atoms with van der Waals surface area (Å²) in [7, 11) is -9.00. The Bertz CT molecular complexity index is 2100. The molecule has 15 heteroatoms. The molecule has 1 N–H and O–H groups in total. The highest BCUT2D eigenvalue weighted by Gasteiger charge is 2.35. The number of sulfonamides is 1. The SMILES string of the molecule is Cc1ccc(S(=O)(=O)N(CCCC(=O)ON2C(=O)CCC2=O)C(=O)c2c3ccccc3[nH+]c3cccc(CCCS(=O)(=O)[O-])c23)cc1. The molecule has 0 saturated carbocycles. The van der Waals surface area contributed by atoms with Crippen LogP contribution >= 0.6 is 0 Å². The number of carbonyl (C=O) groups excluding carboxylic acids is 4. The fourth-order valence-corrected chi connectivity index (χ4v) is 7.34. The van der Waals surface area contributed by atoms with E-state index in [1.165, 1.54) is 12.1 Å². The van der Waals surface area contributed by atoms with Gasteiger partial charge in [-0.1, -0.05) is 42.0 Å². The minimum Gasteiger partial charge on any atom is -0.748 e. The van der Waals surface area contributed by atoms with Crippen LogP contribution in [0.25, 0.3) is 21.8 Å². The number of imide groups is 1. The van der Waals surface area contributed by atoms with Gasteiger partial charge in [0.05, 0.1) is 31.3 Å². The second-order valence-electron chi connectivity index (χ2n) is 11.1. The van der Waals surface area contributed by atoms with Gasteiger partial charge in [-0.25, -0.2) is 30.9 Å². The van der Waals surface area contributed by atoms with Crippen LogP contribution in [0.1, 0.15) is 53.6 Å². The third kappa shape index (κ3) is 7.48. The van der Waals surface area contributed by atoms with Crippen molar-refractivity contribution in [3.05, 3.63) is 83.4 Å². The first-order valence-corrected chi connectivity index (χ1v) is 17.8. The summed E-state index contributed by atoms with van der Waals surface area (Å²) in [5.74, 6) is -3.80. The Balaban J connectivity index is 1.57. The van der Waals surface area contributed by atoms with Crippen LogP contribution in [0.5, 0.6) is 0 Å². The van der Waals surface area contributed by atoms with Crippen LogP contribution in [-0.4, -0.2) is 66.7 Å². The topological polar surface area (TPSA) is 189 Å². The molecule has 3 aromatic carbocycles. The molecule has 47 heavy (non-hydrogen) atoms. The molecule has 0 unspecified atom stereocenters. The van der Waals surface area contributed by atoms with Gasteiger partial charge in [-0.2, -0.15) is 0 Å². The molecule has 5 rings (SSSR count). The molecular formula is C32H31N3O10S2. The Hall–Kier alpha value is -4.73. The maximum atomic E-state index is 14.7. The van der Waals surface area contributed by atoms with Crippen molar-refractivity contribution in [3.63, 3.8) is 0 Å². The number of amides is 3. The predicted molar refractivity (Wildman–Crippen MR) is 167 cm³/mol. The van der Waals surface area contributed by atoms with Crippen molar-refractivity contribution in [2.45, 2.75) is 50.3 Å². The Morgan fingerprint density at radius 2 is 1.55 bits per heavy atom. The second-order valence-corrected chi connectivity index (χ2v) is 14.5. The predicted octanol–water partition coefficient (Wildman–Crippen LogP) is 2.81. The Morgan fingerprint density at radius 3 is 2.23 bits per heavy atom. The van der Waals surface area contributed by atoms with Crippen LogP contribution in [0.4, 0.5) is 0 Å². The molecule has 4 aromatic rings. The molecule has 1 saturated heterocycles. The van der Waals surface area contributed by atoms with E-state index < -0.39 is 62.6 Å². The number of aromatic nitrogens is 1. The molecule has 0 radical (unpaired) electrons. The lowest BCUT2D eigenvalue weighted by atomic mass is 9.95. The number of fused-ring (bicyclic) bond motifs is 2. The van der Waals surface area contributed by atoms with E-state index in [9.17, 15) is 40.6 Å². The third-order valence-corrected chi connectivity index (χ3v) is 10.3. The van der Waals surface area contributed by atoms with Gasteiger partial charge in [0.2, 0.25) is 11.0 Å². The molecule has 1 fully saturated rings. The standard InChI is InChI=1S/C32H31N3O10S2/c1-21-13-15-23(16-14-21)47(43,44)34(19-5-12-29(38)45-35-27(36)17-18-28(35)37)32(39)31-24-9-2-3-10-25(24)33-26-11-4-7-22(30(26)31)8-6-20-46(40,41)42/h2-4,7,9-11,13-16H,5-6,8,12,17-20H2,1H3,(H,40,41,42). The van der Waals surface area contributed by atoms with Crippen LogP contribution in [0, 0.1) is 6.92 Å². The number of nitrogens with one attached hydrogen (secondary N) is 1. The number of nitrogens with zero attached hydrogens (tertiary/aromatic N) is 2. The van der Waals surface area contributed by atoms with E-state index in [2.05, 4.69) is 4.98 Å². The van der Waals surface area contributed by atoms with Crippen LogP contribution in [-0.2, 0) is 45.8 Å². The van der Waals surface area contributed by atoms with Gasteiger partial charge in [-0.05, 0) is 49.9 Å². The summed E-state index contributed by atoms with van der Waals surface area (Å²) in [4.78, 5) is 58.9. The molecule has 1 aliphatic rings. The third-order valence-electron chi connectivity index (χ3n) is 7.70. The fraction of sp³-hybridized carbons (Fsp3) is 0.281. The molecule has 0 bridgehead atoms. The van der Waals surface area contributed by atoms with Crippen LogP contribution in [0.15, 0.2) is 71.6 Å². The Labute approximate surface area is 270 Å². The van der Waals surface area contributed by atoms with E-state index >= 15 is 0 Å². The van der Waals surface area contributed by atoms with Crippen molar-refractivity contribution in [3.8, 4) is 0 Å². The molecule has 0 atom stereocenters. The number of hydroxylamine groups is 2. The van der Waals surface area contributed by atoms with E-state index in [1.54, 1.807) is 61.5 Å². The van der Waals surface area contributed by atoms with Crippen LogP contribution < -0.4 is 4.98 Å². The van der Waals surface area contributed by atoms with E-state index in [4.69, 9.17) is 4.84 Å². The van der Waals surface area contributed by atoms with Crippen molar-refractivity contribution in [1.82, 2.24) is 9.37 Å². The zero-order valence-electron chi connectivity index (χ0n) is 25.3. The van der Waals surface area contributed by atoms with E-state index in [-0.39, 0.29) is 42.6 Å². The monoisotopic (exact) mass is 681 g/mol. The summed E-state index contributed by atoms with van der Waals surface area (Å²) < 4.78 is 62.8. The van der Waals surface area contributed by atoms with Gasteiger partial charge < -0.3 is 9.39 Å². The maximum Gasteiger partial charge on any atom is 0.333 e. The quantitative estimate of drug-likeness (QED) is 0.122. The molecule has 0 aliphatic carbocycles. The zero-order valence-corrected chi connectivity index (χ0v) is 26.9. The lowest BCUT2D eigenvalue weighted by molar-refractivity contribution is -0.310. The van der Waals surface area contributed by atoms with Crippen molar-refractivity contribution < 1.29 is 50.4 Å². The number of H-pyrrole nitrogens is 1. The van der Waals surface area contributed by atoms with Crippen LogP contribution in [0.3, 0.4) is 0 Å². The van der Waals surface area contributed by atoms with Crippen LogP contribution in [0.2, 0.25) is 0 Å². The van der Waals surface area contributed by atoms with Crippen molar-refractivity contribution in [2.24, 2.45) is 0 Å².